The lowest BCUT2D eigenvalue weighted by atomic mass is 9.82. The molecule has 33 heteroatoms. The molecule has 0 saturated carbocycles. The molecule has 0 bridgehead atoms. The van der Waals surface area contributed by atoms with E-state index in [9.17, 15) is 61.6 Å². The van der Waals surface area contributed by atoms with Crippen molar-refractivity contribution in [1.82, 2.24) is 56.1 Å². The van der Waals surface area contributed by atoms with Crippen LogP contribution in [-0.2, 0) is 59.8 Å². The molecule has 3 fully saturated rings. The number of carbonyl (C=O) groups is 10. The number of oxime groups is 1. The lowest BCUT2D eigenvalue weighted by Gasteiger charge is -2.28. The number of benzene rings is 5. The average molecular weight is 1490 g/mol. The van der Waals surface area contributed by atoms with E-state index in [2.05, 4.69) is 67.3 Å². The molecule has 14 rings (SSSR count). The number of Topliss-reactive ketones (excluding diaryl/α,β-unsaturated/α-hetero) is 1. The monoisotopic (exact) mass is 1490 g/mol. The van der Waals surface area contributed by atoms with E-state index < -0.39 is 85.6 Å². The molecule has 6 aliphatic heterocycles. The smallest absolute Gasteiger partial charge is 0.323 e. The van der Waals surface area contributed by atoms with Gasteiger partial charge in [0.25, 0.3) is 29.5 Å². The Kier molecular flexibility index (Phi) is 20.0. The number of imide groups is 3. The zero-order valence-corrected chi connectivity index (χ0v) is 60.1. The molecule has 3 aromatic heterocycles. The Hall–Kier alpha value is -12.8. The van der Waals surface area contributed by atoms with Gasteiger partial charge in [-0.15, -0.1) is 0 Å². The maximum Gasteiger partial charge on any atom is 0.323 e. The summed E-state index contributed by atoms with van der Waals surface area (Å²) in [6.45, 7) is 12.5. The number of fused-ring (bicyclic) bond motifs is 5. The van der Waals surface area contributed by atoms with Gasteiger partial charge in [-0.3, -0.25) is 59.7 Å². The molecule has 0 spiro atoms. The van der Waals surface area contributed by atoms with Crippen molar-refractivity contribution >= 4 is 103 Å². The SMILES string of the molecule is CCN(CC)CCN(CC)/C(=N/O)c1ccc2oc([C@]3(CN4Cc5ccc(OC)cc5C4=O)CC(=O)NC3=O)cc2c1.COc1ccc2c(c1)C(=O)N(C[C@@]1(C#Cc3ccc(C(=O)CS(N)(=O)=O)cc3)NC(=O)NC1=O)C2.[2H]c1c(C(=N)N)nc2cc([C@]3(CN4Cc5ccc(C)cc5C4=O)NC(=O)NC3=O)oc2c1[2H]. The van der Waals surface area contributed by atoms with Gasteiger partial charge in [-0.2, -0.15) is 0 Å². The number of nitrogens with two attached hydrogens (primary N) is 2. The maximum atomic E-state index is 13.4. The van der Waals surface area contributed by atoms with E-state index in [-0.39, 0.29) is 91.0 Å². The lowest BCUT2D eigenvalue weighted by molar-refractivity contribution is -0.127. The number of amides is 11. The molecular formula is C75H75N15O17S. The van der Waals surface area contributed by atoms with Gasteiger partial charge in [0.1, 0.15) is 56.8 Å². The van der Waals surface area contributed by atoms with Crippen LogP contribution in [0.5, 0.6) is 11.5 Å². The van der Waals surface area contributed by atoms with Gasteiger partial charge in [-0.05, 0) is 122 Å². The van der Waals surface area contributed by atoms with Crippen molar-refractivity contribution in [2.75, 3.05) is 72.3 Å². The van der Waals surface area contributed by atoms with E-state index >= 15 is 0 Å². The number of nitrogens with zero attached hydrogens (tertiary/aromatic N) is 7. The Morgan fingerprint density at radius 1 is 0.685 bits per heavy atom. The number of aryl methyl sites for hydroxylation is 1. The zero-order valence-electron chi connectivity index (χ0n) is 61.3. The number of nitrogens with one attached hydrogen (secondary N) is 6. The summed E-state index contributed by atoms with van der Waals surface area (Å²) >= 11 is 0. The Labute approximate surface area is 620 Å². The second-order valence-corrected chi connectivity index (χ2v) is 28.0. The minimum atomic E-state index is -3.96. The van der Waals surface area contributed by atoms with Gasteiger partial charge in [-0.1, -0.05) is 72.8 Å². The number of likely N-dealkylation sites (N-methyl/N-ethyl adjacent to an activating group) is 2. The summed E-state index contributed by atoms with van der Waals surface area (Å²) in [7, 11) is -0.935. The van der Waals surface area contributed by atoms with Crippen LogP contribution in [0.4, 0.5) is 9.59 Å². The number of pyridine rings is 1. The molecule has 11 N–H and O–H groups in total. The molecule has 3 atom stereocenters. The van der Waals surface area contributed by atoms with Crippen LogP contribution in [0.3, 0.4) is 0 Å². The van der Waals surface area contributed by atoms with Crippen molar-refractivity contribution in [3.8, 4) is 23.3 Å². The summed E-state index contributed by atoms with van der Waals surface area (Å²) in [5, 5.41) is 38.6. The van der Waals surface area contributed by atoms with Crippen LogP contribution in [0, 0.1) is 24.2 Å². The standard InChI is InChI=1S/C31H37N5O6.C23H20N4O7S.C21H18N6O4/c1-5-34(6-2)12-13-35(7-3)28(33-40)20-9-11-25-22(14-20)15-26(42-25)31(17-27(37)32-30(31)39)19-36-18-21-8-10-23(41-4)16-24(21)29(36)38;1-34-17-7-6-16-11-27(20(29)18(16)10-17)13-23(21(30)25-22(31)26-23)9-8-14-2-4-15(5-3-14)19(28)12-35(24,32)33;1-10-2-3-11-8-27(18(28)12(11)6-10)9-21(19(29)25-20(30)26-21)16-7-14-15(31-16)5-4-13(24-14)17(22)23/h8-11,14-16,40H,5-7,12-13,17-19H2,1-4H3,(H,32,37,39);2-7,10H,11-13H2,1H3,(H2,24,32,33)(H2,25,26,30,31);2-7H,8-9H2,1H3,(H3,22,23)(H2,25,26,29,30)/b33-28+;;/t31-;23-;21-/m110/s1/i;;4D,5D. The number of ether oxygens (including phenoxy) is 2. The van der Waals surface area contributed by atoms with E-state index in [1.54, 1.807) is 53.4 Å². The van der Waals surface area contributed by atoms with E-state index in [0.717, 1.165) is 41.9 Å². The normalized spacial score (nSPS) is 19.5. The Morgan fingerprint density at radius 2 is 1.27 bits per heavy atom. The molecule has 0 radical (unpaired) electrons. The van der Waals surface area contributed by atoms with Gasteiger partial charge in [0.15, 0.2) is 22.7 Å². The molecule has 9 heterocycles. The fraction of sp³-hybridized carbons (Fsp3) is 0.293. The Bertz CT molecular complexity index is 5440. The topological polar surface area (TPSA) is 447 Å². The highest BCUT2D eigenvalue weighted by Gasteiger charge is 2.55. The van der Waals surface area contributed by atoms with Gasteiger partial charge in [0, 0.05) is 90.6 Å². The summed E-state index contributed by atoms with van der Waals surface area (Å²) in [6, 6.07) is 27.9. The summed E-state index contributed by atoms with van der Waals surface area (Å²) < 4.78 is 60.9. The number of methoxy groups -OCH3 is 2. The van der Waals surface area contributed by atoms with Crippen molar-refractivity contribution in [2.45, 2.75) is 70.2 Å². The number of sulfonamides is 1. The van der Waals surface area contributed by atoms with Crippen LogP contribution in [0.15, 0.2) is 135 Å². The largest absolute Gasteiger partial charge is 0.497 e. The predicted octanol–water partition coefficient (Wildman–Crippen LogP) is 4.04. The first-order valence-corrected chi connectivity index (χ1v) is 35.7. The molecule has 0 unspecified atom stereocenters. The number of amidine groups is 2. The van der Waals surface area contributed by atoms with Gasteiger partial charge >= 0.3 is 12.1 Å². The molecule has 32 nitrogen and oxygen atoms in total. The molecule has 8 aromatic rings. The second-order valence-electron chi connectivity index (χ2n) is 26.4. The van der Waals surface area contributed by atoms with Crippen molar-refractivity contribution in [2.24, 2.45) is 16.0 Å². The fourth-order valence-electron chi connectivity index (χ4n) is 13.6. The summed E-state index contributed by atoms with van der Waals surface area (Å²) in [5.74, 6) is 2.14. The van der Waals surface area contributed by atoms with Crippen LogP contribution < -0.4 is 46.9 Å². The van der Waals surface area contributed by atoms with E-state index in [1.165, 1.54) is 54.4 Å². The first-order chi connectivity index (χ1) is 52.4. The van der Waals surface area contributed by atoms with Crippen molar-refractivity contribution in [3.05, 3.63) is 194 Å². The van der Waals surface area contributed by atoms with Crippen LogP contribution in [0.25, 0.3) is 22.1 Å². The van der Waals surface area contributed by atoms with E-state index in [4.69, 9.17) is 37.3 Å². The van der Waals surface area contributed by atoms with Crippen molar-refractivity contribution in [1.29, 1.82) is 5.41 Å². The van der Waals surface area contributed by atoms with Gasteiger partial charge in [0.05, 0.1) is 36.5 Å². The molecule has 0 aliphatic carbocycles. The highest BCUT2D eigenvalue weighted by atomic mass is 32.2. The van der Waals surface area contributed by atoms with Crippen LogP contribution >= 0.6 is 0 Å². The van der Waals surface area contributed by atoms with Gasteiger partial charge in [0.2, 0.25) is 27.4 Å². The van der Waals surface area contributed by atoms with E-state index in [1.807, 2.05) is 49.1 Å². The number of rotatable bonds is 21. The molecule has 108 heavy (non-hydrogen) atoms. The number of nitrogen functional groups attached to an aromatic ring is 1. The third-order valence-electron chi connectivity index (χ3n) is 19.4. The predicted molar refractivity (Wildman–Crippen MR) is 389 cm³/mol. The van der Waals surface area contributed by atoms with E-state index in [0.29, 0.717) is 81.5 Å². The lowest BCUT2D eigenvalue weighted by Crippen LogP contribution is -2.54. The van der Waals surface area contributed by atoms with Crippen molar-refractivity contribution in [3.63, 3.8) is 0 Å². The van der Waals surface area contributed by atoms with Crippen LogP contribution in [0.1, 0.15) is 122 Å². The number of hydrogen-bond acceptors (Lipinski definition) is 21. The molecule has 558 valence electrons. The molecule has 5 aromatic carbocycles. The molecule has 3 saturated heterocycles. The first-order valence-electron chi connectivity index (χ1n) is 35.0. The number of aromatic nitrogens is 1. The van der Waals surface area contributed by atoms with Crippen molar-refractivity contribution < 1.29 is 82.6 Å². The minimum Gasteiger partial charge on any atom is -0.497 e. The number of urea groups is 2. The second kappa shape index (κ2) is 30.0. The zero-order chi connectivity index (χ0) is 79.1. The minimum absolute atomic E-state index is 0.0224. The molecular weight excluding hydrogens is 1410 g/mol. The highest BCUT2D eigenvalue weighted by molar-refractivity contribution is 7.89. The molecule has 11 amide bonds. The first kappa shape index (κ1) is 72.2. The third kappa shape index (κ3) is 15.0. The van der Waals surface area contributed by atoms with Crippen LogP contribution in [-0.4, -0.2) is 192 Å². The number of ketones is 1. The maximum absolute atomic E-state index is 13.4. The summed E-state index contributed by atoms with van der Waals surface area (Å²) in [6.07, 6.45) is -0.139. The number of primary sulfonamides is 1. The average Bonchev–Trinajstić information content (AvgIpc) is 1.59. The number of hydrogen-bond donors (Lipinski definition) is 9. The summed E-state index contributed by atoms with van der Waals surface area (Å²) in [4.78, 5) is 140. The van der Waals surface area contributed by atoms with Crippen LogP contribution in [0.2, 0.25) is 0 Å². The Balaban J connectivity index is 0.000000155. The fourth-order valence-corrected chi connectivity index (χ4v) is 14.1. The third-order valence-corrected chi connectivity index (χ3v) is 20.0. The number of furan rings is 2. The molecule has 6 aliphatic rings. The summed E-state index contributed by atoms with van der Waals surface area (Å²) in [5.41, 5.74) is 6.94. The highest BCUT2D eigenvalue weighted by Crippen LogP contribution is 2.41. The van der Waals surface area contributed by atoms with Gasteiger partial charge < -0.3 is 64.4 Å². The quantitative estimate of drug-likeness (QED) is 0.00716. The Morgan fingerprint density at radius 3 is 1.81 bits per heavy atom. The van der Waals surface area contributed by atoms with Gasteiger partial charge in [-0.25, -0.2) is 28.1 Å². The number of carbonyl (C=O) groups excluding carboxylic acids is 10.